The van der Waals surface area contributed by atoms with Gasteiger partial charge < -0.3 is 10.5 Å². The van der Waals surface area contributed by atoms with E-state index in [0.29, 0.717) is 23.1 Å². The van der Waals surface area contributed by atoms with Crippen LogP contribution in [0.15, 0.2) is 24.3 Å². The Morgan fingerprint density at radius 1 is 1.27 bits per heavy atom. The average molecular weight is 317 g/mol. The summed E-state index contributed by atoms with van der Waals surface area (Å²) in [7, 11) is 0. The maximum Gasteiger partial charge on any atom is 0.341 e. The molecule has 2 aromatic rings. The predicted octanol–water partition coefficient (Wildman–Crippen LogP) is 5.00. The Kier molecular flexibility index (Phi) is 5.24. The number of thiophene rings is 1. The molecule has 0 spiro atoms. The molecule has 0 saturated carbocycles. The minimum Gasteiger partial charge on any atom is -0.462 e. The van der Waals surface area contributed by atoms with Gasteiger partial charge in [-0.05, 0) is 37.3 Å². The second-order valence-electron chi connectivity index (χ2n) is 5.42. The van der Waals surface area contributed by atoms with E-state index in [1.54, 1.807) is 6.92 Å². The molecule has 0 fully saturated rings. The molecule has 0 amide bonds. The molecule has 1 aromatic heterocycles. The molecule has 0 bridgehead atoms. The molecule has 1 aromatic carbocycles. The maximum absolute atomic E-state index is 12.2. The first-order chi connectivity index (χ1) is 10.5. The van der Waals surface area contributed by atoms with Crippen molar-refractivity contribution in [3.63, 3.8) is 0 Å². The fourth-order valence-corrected chi connectivity index (χ4v) is 3.47. The van der Waals surface area contributed by atoms with Crippen LogP contribution in [0.2, 0.25) is 0 Å². The van der Waals surface area contributed by atoms with Gasteiger partial charge in [0.2, 0.25) is 0 Å². The molecule has 4 heteroatoms. The van der Waals surface area contributed by atoms with Crippen molar-refractivity contribution < 1.29 is 9.53 Å². The standard InChI is InChI=1S/C18H23NO2S/c1-5-11(3)13-7-9-14(10-8-13)15-12(4)22-17(19)16(15)18(20)21-6-2/h7-11H,5-6,19H2,1-4H3/t11-/m1/s1. The largest absolute Gasteiger partial charge is 0.462 e. The van der Waals surface area contributed by atoms with E-state index in [-0.39, 0.29) is 5.97 Å². The number of rotatable bonds is 5. The SMILES string of the molecule is CCOC(=O)c1c(N)sc(C)c1-c1ccc([C@H](C)CC)cc1. The second kappa shape index (κ2) is 6.97. The Morgan fingerprint density at radius 3 is 2.45 bits per heavy atom. The van der Waals surface area contributed by atoms with Crippen molar-refractivity contribution in [2.75, 3.05) is 12.3 Å². The number of esters is 1. The molecule has 0 saturated heterocycles. The number of nitrogen functional groups attached to an aromatic ring is 1. The molecule has 0 aliphatic heterocycles. The summed E-state index contributed by atoms with van der Waals surface area (Å²) in [6.45, 7) is 8.53. The zero-order valence-electron chi connectivity index (χ0n) is 13.6. The highest BCUT2D eigenvalue weighted by Crippen LogP contribution is 2.39. The Bertz CT molecular complexity index is 658. The van der Waals surface area contributed by atoms with Crippen LogP contribution in [-0.2, 0) is 4.74 Å². The van der Waals surface area contributed by atoms with E-state index in [2.05, 4.69) is 38.1 Å². The third kappa shape index (κ3) is 3.17. The molecule has 0 aliphatic carbocycles. The summed E-state index contributed by atoms with van der Waals surface area (Å²) in [4.78, 5) is 13.2. The number of hydrogen-bond donors (Lipinski definition) is 1. The van der Waals surface area contributed by atoms with E-state index in [1.165, 1.54) is 16.9 Å². The van der Waals surface area contributed by atoms with E-state index >= 15 is 0 Å². The van der Waals surface area contributed by atoms with E-state index in [9.17, 15) is 4.79 Å². The number of ether oxygens (including phenoxy) is 1. The number of carbonyl (C=O) groups is 1. The van der Waals surface area contributed by atoms with Gasteiger partial charge in [0, 0.05) is 10.4 Å². The summed E-state index contributed by atoms with van der Waals surface area (Å²) >= 11 is 1.44. The Labute approximate surface area is 136 Å². The van der Waals surface area contributed by atoms with Crippen molar-refractivity contribution in [2.24, 2.45) is 0 Å². The third-order valence-electron chi connectivity index (χ3n) is 3.97. The van der Waals surface area contributed by atoms with Crippen LogP contribution < -0.4 is 5.73 Å². The lowest BCUT2D eigenvalue weighted by atomic mass is 9.95. The molecule has 118 valence electrons. The molecule has 3 nitrogen and oxygen atoms in total. The van der Waals surface area contributed by atoms with Crippen LogP contribution in [0, 0.1) is 6.92 Å². The minimum atomic E-state index is -0.342. The normalized spacial score (nSPS) is 12.2. The highest BCUT2D eigenvalue weighted by atomic mass is 32.1. The number of benzene rings is 1. The molecule has 0 unspecified atom stereocenters. The van der Waals surface area contributed by atoms with Crippen molar-refractivity contribution in [1.29, 1.82) is 0 Å². The number of nitrogens with two attached hydrogens (primary N) is 1. The first-order valence-electron chi connectivity index (χ1n) is 7.65. The molecule has 0 radical (unpaired) electrons. The summed E-state index contributed by atoms with van der Waals surface area (Å²) in [6, 6.07) is 8.40. The fraction of sp³-hybridized carbons (Fsp3) is 0.389. The van der Waals surface area contributed by atoms with Gasteiger partial charge in [0.15, 0.2) is 0 Å². The van der Waals surface area contributed by atoms with Crippen LogP contribution in [0.4, 0.5) is 5.00 Å². The van der Waals surface area contributed by atoms with Gasteiger partial charge in [-0.3, -0.25) is 0 Å². The lowest BCUT2D eigenvalue weighted by molar-refractivity contribution is 0.0529. The van der Waals surface area contributed by atoms with Crippen LogP contribution >= 0.6 is 11.3 Å². The Hall–Kier alpha value is -1.81. The fourth-order valence-electron chi connectivity index (χ4n) is 2.53. The molecule has 1 heterocycles. The van der Waals surface area contributed by atoms with Crippen LogP contribution in [0.3, 0.4) is 0 Å². The molecule has 22 heavy (non-hydrogen) atoms. The highest BCUT2D eigenvalue weighted by Gasteiger charge is 2.22. The highest BCUT2D eigenvalue weighted by molar-refractivity contribution is 7.16. The lowest BCUT2D eigenvalue weighted by Gasteiger charge is -2.11. The number of carbonyl (C=O) groups excluding carboxylic acids is 1. The summed E-state index contributed by atoms with van der Waals surface area (Å²) in [5.41, 5.74) is 9.75. The summed E-state index contributed by atoms with van der Waals surface area (Å²) in [6.07, 6.45) is 1.11. The monoisotopic (exact) mass is 317 g/mol. The van der Waals surface area contributed by atoms with E-state index in [0.717, 1.165) is 22.4 Å². The topological polar surface area (TPSA) is 52.3 Å². The average Bonchev–Trinajstić information content (AvgIpc) is 2.81. The van der Waals surface area contributed by atoms with Crippen molar-refractivity contribution >= 4 is 22.3 Å². The lowest BCUT2D eigenvalue weighted by Crippen LogP contribution is -2.07. The Balaban J connectivity index is 2.46. The van der Waals surface area contributed by atoms with E-state index in [4.69, 9.17) is 10.5 Å². The molecular formula is C18H23NO2S. The van der Waals surface area contributed by atoms with Gasteiger partial charge in [-0.25, -0.2) is 4.79 Å². The van der Waals surface area contributed by atoms with Crippen molar-refractivity contribution in [1.82, 2.24) is 0 Å². The van der Waals surface area contributed by atoms with Gasteiger partial charge in [0.05, 0.1) is 6.61 Å². The van der Waals surface area contributed by atoms with Crippen molar-refractivity contribution in [2.45, 2.75) is 40.0 Å². The van der Waals surface area contributed by atoms with Gasteiger partial charge in [-0.2, -0.15) is 0 Å². The smallest absolute Gasteiger partial charge is 0.341 e. The first-order valence-corrected chi connectivity index (χ1v) is 8.47. The molecule has 2 N–H and O–H groups in total. The zero-order valence-corrected chi connectivity index (χ0v) is 14.4. The number of aryl methyl sites for hydroxylation is 1. The van der Waals surface area contributed by atoms with Gasteiger partial charge in [-0.1, -0.05) is 38.1 Å². The van der Waals surface area contributed by atoms with Gasteiger partial charge in [0.25, 0.3) is 0 Å². The number of hydrogen-bond acceptors (Lipinski definition) is 4. The Morgan fingerprint density at radius 2 is 1.91 bits per heavy atom. The third-order valence-corrected chi connectivity index (χ3v) is 4.91. The minimum absolute atomic E-state index is 0.342. The van der Waals surface area contributed by atoms with Crippen LogP contribution in [-0.4, -0.2) is 12.6 Å². The molecular weight excluding hydrogens is 294 g/mol. The number of anilines is 1. The van der Waals surface area contributed by atoms with Gasteiger partial charge >= 0.3 is 5.97 Å². The van der Waals surface area contributed by atoms with Crippen LogP contribution in [0.5, 0.6) is 0 Å². The molecule has 2 rings (SSSR count). The molecule has 1 atom stereocenters. The summed E-state index contributed by atoms with van der Waals surface area (Å²) in [5.74, 6) is 0.192. The van der Waals surface area contributed by atoms with Gasteiger partial charge in [0.1, 0.15) is 10.6 Å². The van der Waals surface area contributed by atoms with Crippen LogP contribution in [0.25, 0.3) is 11.1 Å². The summed E-state index contributed by atoms with van der Waals surface area (Å²) < 4.78 is 5.15. The van der Waals surface area contributed by atoms with Crippen LogP contribution in [0.1, 0.15) is 53.9 Å². The van der Waals surface area contributed by atoms with E-state index in [1.807, 2.05) is 6.92 Å². The first kappa shape index (κ1) is 16.6. The molecule has 0 aliphatic rings. The predicted molar refractivity (Wildman–Crippen MR) is 93.6 cm³/mol. The quantitative estimate of drug-likeness (QED) is 0.790. The maximum atomic E-state index is 12.2. The zero-order chi connectivity index (χ0) is 16.3. The summed E-state index contributed by atoms with van der Waals surface area (Å²) in [5, 5.41) is 0.525. The van der Waals surface area contributed by atoms with Gasteiger partial charge in [-0.15, -0.1) is 11.3 Å². The van der Waals surface area contributed by atoms with Crippen molar-refractivity contribution in [3.05, 3.63) is 40.3 Å². The second-order valence-corrected chi connectivity index (χ2v) is 6.68. The van der Waals surface area contributed by atoms with Crippen molar-refractivity contribution in [3.8, 4) is 11.1 Å². The van der Waals surface area contributed by atoms with E-state index < -0.39 is 0 Å².